The molecule has 2 atom stereocenters. The fraction of sp³-hybridized carbons (Fsp3) is 0.625. The van der Waals surface area contributed by atoms with Crippen molar-refractivity contribution >= 4 is 0 Å². The molecule has 0 bridgehead atoms. The minimum atomic E-state index is 0.419. The van der Waals surface area contributed by atoms with Crippen LogP contribution < -0.4 is 5.32 Å². The SMILES string of the molecule is CCC(CC)C(C)NC1CCc2c(O)cccc21. The number of rotatable bonds is 5. The normalized spacial score (nSPS) is 20.1. The first kappa shape index (κ1) is 13.4. The zero-order chi connectivity index (χ0) is 13.1. The molecule has 2 heteroatoms. The average Bonchev–Trinajstić information content (AvgIpc) is 2.76. The highest BCUT2D eigenvalue weighted by atomic mass is 16.3. The van der Waals surface area contributed by atoms with E-state index in [0.717, 1.165) is 24.3 Å². The standard InChI is InChI=1S/C16H25NO/c1-4-12(5-2)11(3)17-15-10-9-14-13(15)7-6-8-16(14)18/h6-8,11-12,15,17-18H,4-5,9-10H2,1-3H3. The Labute approximate surface area is 110 Å². The number of phenolic OH excluding ortho intramolecular Hbond substituents is 1. The molecule has 2 N–H and O–H groups in total. The number of hydrogen-bond donors (Lipinski definition) is 2. The van der Waals surface area contributed by atoms with Gasteiger partial charge in [-0.05, 0) is 42.9 Å². The Morgan fingerprint density at radius 2 is 2.06 bits per heavy atom. The quantitative estimate of drug-likeness (QED) is 0.829. The smallest absolute Gasteiger partial charge is 0.119 e. The average molecular weight is 247 g/mol. The maximum absolute atomic E-state index is 9.86. The summed E-state index contributed by atoms with van der Waals surface area (Å²) in [6, 6.07) is 6.86. The molecule has 0 fully saturated rings. The molecule has 0 saturated heterocycles. The number of hydrogen-bond acceptors (Lipinski definition) is 2. The van der Waals surface area contributed by atoms with Gasteiger partial charge in [0, 0.05) is 12.1 Å². The number of fused-ring (bicyclic) bond motifs is 1. The molecule has 0 radical (unpaired) electrons. The minimum absolute atomic E-state index is 0.419. The van der Waals surface area contributed by atoms with E-state index in [-0.39, 0.29) is 0 Å². The molecule has 18 heavy (non-hydrogen) atoms. The molecule has 2 nitrogen and oxygen atoms in total. The lowest BCUT2D eigenvalue weighted by molar-refractivity contribution is 0.322. The molecule has 0 heterocycles. The van der Waals surface area contributed by atoms with Gasteiger partial charge in [0.25, 0.3) is 0 Å². The number of benzene rings is 1. The second kappa shape index (κ2) is 5.75. The van der Waals surface area contributed by atoms with Gasteiger partial charge in [-0.15, -0.1) is 0 Å². The van der Waals surface area contributed by atoms with E-state index in [0.29, 0.717) is 17.8 Å². The highest BCUT2D eigenvalue weighted by Gasteiger charge is 2.26. The van der Waals surface area contributed by atoms with Gasteiger partial charge < -0.3 is 10.4 Å². The fourth-order valence-corrected chi connectivity index (χ4v) is 3.26. The lowest BCUT2D eigenvalue weighted by atomic mass is 9.94. The van der Waals surface area contributed by atoms with Crippen LogP contribution in [0.25, 0.3) is 0 Å². The summed E-state index contributed by atoms with van der Waals surface area (Å²) in [6.45, 7) is 6.82. The van der Waals surface area contributed by atoms with Crippen molar-refractivity contribution in [1.82, 2.24) is 5.32 Å². The zero-order valence-electron chi connectivity index (χ0n) is 11.7. The van der Waals surface area contributed by atoms with Crippen molar-refractivity contribution in [3.8, 4) is 5.75 Å². The molecule has 0 aliphatic heterocycles. The van der Waals surface area contributed by atoms with Gasteiger partial charge in [0.05, 0.1) is 0 Å². The topological polar surface area (TPSA) is 32.3 Å². The van der Waals surface area contributed by atoms with Crippen molar-refractivity contribution in [1.29, 1.82) is 0 Å². The summed E-state index contributed by atoms with van der Waals surface area (Å²) in [5, 5.41) is 13.6. The van der Waals surface area contributed by atoms with Crippen molar-refractivity contribution in [2.45, 2.75) is 58.5 Å². The van der Waals surface area contributed by atoms with Gasteiger partial charge in [0.15, 0.2) is 0 Å². The molecule has 100 valence electrons. The first-order valence-electron chi connectivity index (χ1n) is 7.24. The largest absolute Gasteiger partial charge is 0.508 e. The zero-order valence-corrected chi connectivity index (χ0v) is 11.7. The van der Waals surface area contributed by atoms with E-state index < -0.39 is 0 Å². The summed E-state index contributed by atoms with van der Waals surface area (Å²) in [5.74, 6) is 1.21. The summed E-state index contributed by atoms with van der Waals surface area (Å²) < 4.78 is 0. The Morgan fingerprint density at radius 3 is 2.72 bits per heavy atom. The lowest BCUT2D eigenvalue weighted by Gasteiger charge is -2.26. The molecule has 0 spiro atoms. The molecule has 0 saturated carbocycles. The van der Waals surface area contributed by atoms with Crippen LogP contribution in [0.3, 0.4) is 0 Å². The molecule has 1 aliphatic rings. The van der Waals surface area contributed by atoms with Crippen LogP contribution in [0.5, 0.6) is 5.75 Å². The predicted octanol–water partition coefficient (Wildman–Crippen LogP) is 3.79. The molecule has 1 aliphatic carbocycles. The highest BCUT2D eigenvalue weighted by Crippen LogP contribution is 2.36. The summed E-state index contributed by atoms with van der Waals surface area (Å²) in [5.41, 5.74) is 2.44. The Kier molecular flexibility index (Phi) is 4.28. The molecule has 0 aromatic heterocycles. The Morgan fingerprint density at radius 1 is 1.33 bits per heavy atom. The van der Waals surface area contributed by atoms with Gasteiger partial charge in [-0.25, -0.2) is 0 Å². The molecule has 2 unspecified atom stereocenters. The Hall–Kier alpha value is -1.02. The second-order valence-corrected chi connectivity index (χ2v) is 5.47. The van der Waals surface area contributed by atoms with Crippen molar-refractivity contribution in [2.75, 3.05) is 0 Å². The maximum atomic E-state index is 9.86. The summed E-state index contributed by atoms with van der Waals surface area (Å²) in [6.07, 6.45) is 4.56. The monoisotopic (exact) mass is 247 g/mol. The van der Waals surface area contributed by atoms with E-state index in [2.05, 4.69) is 32.2 Å². The molecule has 0 amide bonds. The lowest BCUT2D eigenvalue weighted by Crippen LogP contribution is -2.35. The fourth-order valence-electron chi connectivity index (χ4n) is 3.26. The minimum Gasteiger partial charge on any atom is -0.508 e. The van der Waals surface area contributed by atoms with Gasteiger partial charge in [-0.2, -0.15) is 0 Å². The first-order valence-corrected chi connectivity index (χ1v) is 7.24. The summed E-state index contributed by atoms with van der Waals surface area (Å²) in [4.78, 5) is 0. The maximum Gasteiger partial charge on any atom is 0.119 e. The molecule has 1 aromatic carbocycles. The predicted molar refractivity (Wildman–Crippen MR) is 75.8 cm³/mol. The van der Waals surface area contributed by atoms with Gasteiger partial charge in [0.1, 0.15) is 5.75 Å². The van der Waals surface area contributed by atoms with Crippen LogP contribution in [-0.2, 0) is 6.42 Å². The summed E-state index contributed by atoms with van der Waals surface area (Å²) in [7, 11) is 0. The third-order valence-corrected chi connectivity index (χ3v) is 4.47. The van der Waals surface area contributed by atoms with E-state index in [1.165, 1.54) is 18.4 Å². The van der Waals surface area contributed by atoms with Crippen LogP contribution in [0.2, 0.25) is 0 Å². The van der Waals surface area contributed by atoms with Crippen LogP contribution in [0.15, 0.2) is 18.2 Å². The highest BCUT2D eigenvalue weighted by molar-refractivity contribution is 5.44. The summed E-state index contributed by atoms with van der Waals surface area (Å²) >= 11 is 0. The van der Waals surface area contributed by atoms with Crippen LogP contribution in [0.1, 0.15) is 57.2 Å². The first-order chi connectivity index (χ1) is 8.67. The van der Waals surface area contributed by atoms with E-state index in [4.69, 9.17) is 0 Å². The number of aromatic hydroxyl groups is 1. The van der Waals surface area contributed by atoms with Gasteiger partial charge >= 0.3 is 0 Å². The Balaban J connectivity index is 2.08. The molecular weight excluding hydrogens is 222 g/mol. The third-order valence-electron chi connectivity index (χ3n) is 4.47. The second-order valence-electron chi connectivity index (χ2n) is 5.47. The molecular formula is C16H25NO. The van der Waals surface area contributed by atoms with E-state index in [9.17, 15) is 5.11 Å². The van der Waals surface area contributed by atoms with Crippen LogP contribution in [0, 0.1) is 5.92 Å². The Bertz CT molecular complexity index is 398. The van der Waals surface area contributed by atoms with Gasteiger partial charge in [-0.3, -0.25) is 0 Å². The van der Waals surface area contributed by atoms with Crippen molar-refractivity contribution in [3.63, 3.8) is 0 Å². The number of phenols is 1. The molecule has 1 aromatic rings. The van der Waals surface area contributed by atoms with Crippen molar-refractivity contribution in [3.05, 3.63) is 29.3 Å². The van der Waals surface area contributed by atoms with Crippen molar-refractivity contribution < 1.29 is 5.11 Å². The van der Waals surface area contributed by atoms with Crippen LogP contribution in [0.4, 0.5) is 0 Å². The van der Waals surface area contributed by atoms with Crippen molar-refractivity contribution in [2.24, 2.45) is 5.92 Å². The van der Waals surface area contributed by atoms with E-state index in [1.807, 2.05) is 6.07 Å². The van der Waals surface area contributed by atoms with Crippen LogP contribution >= 0.6 is 0 Å². The number of nitrogens with one attached hydrogen (secondary N) is 1. The third kappa shape index (κ3) is 2.54. The van der Waals surface area contributed by atoms with Gasteiger partial charge in [0.2, 0.25) is 0 Å². The van der Waals surface area contributed by atoms with E-state index in [1.54, 1.807) is 6.07 Å². The van der Waals surface area contributed by atoms with Gasteiger partial charge in [-0.1, -0.05) is 38.8 Å². The molecule has 2 rings (SSSR count). The van der Waals surface area contributed by atoms with Crippen LogP contribution in [-0.4, -0.2) is 11.1 Å². The van der Waals surface area contributed by atoms with E-state index >= 15 is 0 Å².